The van der Waals surface area contributed by atoms with E-state index >= 15 is 0 Å². The van der Waals surface area contributed by atoms with Gasteiger partial charge in [0.25, 0.3) is 0 Å². The van der Waals surface area contributed by atoms with Crippen LogP contribution in [0.25, 0.3) is 5.57 Å². The summed E-state index contributed by atoms with van der Waals surface area (Å²) in [5.74, 6) is 1.50. The third kappa shape index (κ3) is 2.41. The molecule has 125 valence electrons. The molecule has 0 nitrogen and oxygen atoms in total. The van der Waals surface area contributed by atoms with Crippen molar-refractivity contribution in [1.82, 2.24) is 0 Å². The molecule has 0 fully saturated rings. The van der Waals surface area contributed by atoms with Crippen LogP contribution in [-0.4, -0.2) is 0 Å². The van der Waals surface area contributed by atoms with E-state index in [1.54, 1.807) is 12.1 Å². The van der Waals surface area contributed by atoms with E-state index in [0.29, 0.717) is 0 Å². The molecule has 0 saturated heterocycles. The van der Waals surface area contributed by atoms with Gasteiger partial charge in [-0.25, -0.2) is 4.39 Å². The molecule has 2 aromatic carbocycles. The molecule has 0 saturated carbocycles. The fourth-order valence-corrected chi connectivity index (χ4v) is 4.19. The maximum absolute atomic E-state index is 13.3. The van der Waals surface area contributed by atoms with Gasteiger partial charge in [-0.15, -0.1) is 0 Å². The van der Waals surface area contributed by atoms with Crippen LogP contribution in [0.5, 0.6) is 0 Å². The quantitative estimate of drug-likeness (QED) is 0.581. The van der Waals surface area contributed by atoms with Crippen LogP contribution in [0.15, 0.2) is 76.9 Å². The summed E-state index contributed by atoms with van der Waals surface area (Å²) in [7, 11) is 0. The lowest BCUT2D eigenvalue weighted by Gasteiger charge is -2.22. The number of hydrogen-bond acceptors (Lipinski definition) is 0. The van der Waals surface area contributed by atoms with Gasteiger partial charge in [-0.05, 0) is 73.2 Å². The van der Waals surface area contributed by atoms with Crippen LogP contribution in [0.2, 0.25) is 0 Å². The van der Waals surface area contributed by atoms with Crippen molar-refractivity contribution in [2.45, 2.75) is 33.6 Å². The van der Waals surface area contributed by atoms with Gasteiger partial charge in [0.2, 0.25) is 0 Å². The predicted molar refractivity (Wildman–Crippen MR) is 103 cm³/mol. The largest absolute Gasteiger partial charge is 0.207 e. The Morgan fingerprint density at radius 3 is 1.96 bits per heavy atom. The minimum Gasteiger partial charge on any atom is -0.207 e. The molecule has 2 aliphatic rings. The van der Waals surface area contributed by atoms with E-state index < -0.39 is 0 Å². The van der Waals surface area contributed by atoms with E-state index in [4.69, 9.17) is 0 Å². The molecule has 0 bridgehead atoms. The van der Waals surface area contributed by atoms with Crippen LogP contribution in [0.4, 0.5) is 4.39 Å². The van der Waals surface area contributed by atoms with Crippen molar-refractivity contribution in [2.24, 2.45) is 0 Å². The Balaban J connectivity index is 1.86. The number of halogens is 1. The second kappa shape index (κ2) is 5.84. The topological polar surface area (TPSA) is 0 Å². The molecule has 1 heteroatoms. The molecular formula is C24H22F. The van der Waals surface area contributed by atoms with E-state index in [-0.39, 0.29) is 11.7 Å². The molecule has 2 aromatic rings. The van der Waals surface area contributed by atoms with Crippen LogP contribution in [-0.2, 0) is 0 Å². The normalized spacial score (nSPS) is 20.4. The first-order valence-electron chi connectivity index (χ1n) is 8.79. The molecular weight excluding hydrogens is 307 g/mol. The first-order valence-corrected chi connectivity index (χ1v) is 8.79. The average molecular weight is 329 g/mol. The van der Waals surface area contributed by atoms with Gasteiger partial charge in [0.15, 0.2) is 0 Å². The van der Waals surface area contributed by atoms with Crippen LogP contribution in [0.1, 0.15) is 50.3 Å². The summed E-state index contributed by atoms with van der Waals surface area (Å²) >= 11 is 0. The molecule has 0 aromatic heterocycles. The minimum atomic E-state index is -0.193. The van der Waals surface area contributed by atoms with Crippen molar-refractivity contribution in [3.8, 4) is 0 Å². The monoisotopic (exact) mass is 329 g/mol. The maximum atomic E-state index is 13.3. The van der Waals surface area contributed by atoms with E-state index in [1.165, 1.54) is 44.9 Å². The third-order valence-corrected chi connectivity index (χ3v) is 5.88. The Morgan fingerprint density at radius 1 is 0.720 bits per heavy atom. The Labute approximate surface area is 149 Å². The van der Waals surface area contributed by atoms with Crippen molar-refractivity contribution in [2.75, 3.05) is 0 Å². The van der Waals surface area contributed by atoms with Crippen molar-refractivity contribution < 1.29 is 4.39 Å². The summed E-state index contributed by atoms with van der Waals surface area (Å²) in [6.45, 7) is 8.90. The van der Waals surface area contributed by atoms with Crippen molar-refractivity contribution in [3.05, 3.63) is 105 Å². The lowest BCUT2D eigenvalue weighted by atomic mass is 9.81. The highest BCUT2D eigenvalue weighted by Crippen LogP contribution is 2.52. The summed E-state index contributed by atoms with van der Waals surface area (Å²) in [6.07, 6.45) is 2.35. The lowest BCUT2D eigenvalue weighted by molar-refractivity contribution is 0.627. The van der Waals surface area contributed by atoms with Crippen LogP contribution in [0.3, 0.4) is 0 Å². The number of hydrogen-bond donors (Lipinski definition) is 0. The summed E-state index contributed by atoms with van der Waals surface area (Å²) in [5, 5.41) is 0. The van der Waals surface area contributed by atoms with Gasteiger partial charge >= 0.3 is 0 Å². The van der Waals surface area contributed by atoms with E-state index in [0.717, 1.165) is 5.56 Å². The Morgan fingerprint density at radius 2 is 1.32 bits per heavy atom. The fraction of sp³-hybridized carbons (Fsp3) is 0.208. The smallest absolute Gasteiger partial charge is 0.123 e. The van der Waals surface area contributed by atoms with Gasteiger partial charge in [0.1, 0.15) is 5.82 Å². The molecule has 2 aliphatic carbocycles. The fourth-order valence-electron chi connectivity index (χ4n) is 4.19. The van der Waals surface area contributed by atoms with E-state index in [2.05, 4.69) is 58.0 Å². The molecule has 0 spiro atoms. The molecule has 0 amide bonds. The number of fused-ring (bicyclic) bond motifs is 1. The summed E-state index contributed by atoms with van der Waals surface area (Å²) in [4.78, 5) is 0. The number of allylic oxidation sites excluding steroid dienone is 5. The Bertz CT molecular complexity index is 914. The Hall–Kier alpha value is -2.41. The predicted octanol–water partition coefficient (Wildman–Crippen LogP) is 6.62. The van der Waals surface area contributed by atoms with E-state index in [9.17, 15) is 4.39 Å². The zero-order chi connectivity index (χ0) is 17.7. The van der Waals surface area contributed by atoms with E-state index in [1.807, 2.05) is 12.1 Å². The van der Waals surface area contributed by atoms with Gasteiger partial charge < -0.3 is 0 Å². The molecule has 4 rings (SSSR count). The van der Waals surface area contributed by atoms with Crippen LogP contribution < -0.4 is 0 Å². The zero-order valence-corrected chi connectivity index (χ0v) is 15.2. The highest BCUT2D eigenvalue weighted by Gasteiger charge is 2.36. The lowest BCUT2D eigenvalue weighted by Crippen LogP contribution is -2.08. The van der Waals surface area contributed by atoms with Crippen LogP contribution in [0, 0.1) is 11.7 Å². The molecule has 1 unspecified atom stereocenters. The number of rotatable bonds is 2. The van der Waals surface area contributed by atoms with Crippen molar-refractivity contribution >= 4 is 5.57 Å². The molecule has 0 heterocycles. The summed E-state index contributed by atoms with van der Waals surface area (Å²) < 4.78 is 13.3. The molecule has 25 heavy (non-hydrogen) atoms. The van der Waals surface area contributed by atoms with Crippen LogP contribution >= 0.6 is 0 Å². The minimum absolute atomic E-state index is 0.193. The molecule has 0 aliphatic heterocycles. The van der Waals surface area contributed by atoms with Crippen molar-refractivity contribution in [3.63, 3.8) is 0 Å². The van der Waals surface area contributed by atoms with Gasteiger partial charge in [-0.2, -0.15) is 0 Å². The first-order chi connectivity index (χ1) is 12.0. The highest BCUT2D eigenvalue weighted by molar-refractivity contribution is 5.87. The summed E-state index contributed by atoms with van der Waals surface area (Å²) in [5.41, 5.74) is 10.5. The molecule has 1 atom stereocenters. The first kappa shape index (κ1) is 16.1. The highest BCUT2D eigenvalue weighted by atomic mass is 19.1. The van der Waals surface area contributed by atoms with Gasteiger partial charge in [0.05, 0.1) is 0 Å². The average Bonchev–Trinajstić information content (AvgIpc) is 3.08. The number of benzene rings is 2. The zero-order valence-electron chi connectivity index (χ0n) is 15.2. The standard InChI is InChI=1S/C24H22F/c1-14-15(2)17(4)24(16(14)3)23-13-22(18-9-11-19(25)12-10-18)20-7-5-6-8-21(20)23/h5-13,23H,1-4H3. The second-order valence-electron chi connectivity index (χ2n) is 7.07. The maximum Gasteiger partial charge on any atom is 0.123 e. The molecule has 1 radical (unpaired) electrons. The second-order valence-corrected chi connectivity index (χ2v) is 7.07. The van der Waals surface area contributed by atoms with Gasteiger partial charge in [-0.3, -0.25) is 0 Å². The van der Waals surface area contributed by atoms with Gasteiger partial charge in [-0.1, -0.05) is 53.6 Å². The SMILES string of the molecule is CC1=C(C)C(C)=C(C)[C]1C1C=C(c2ccc(F)cc2)c2ccccc21. The van der Waals surface area contributed by atoms with Crippen molar-refractivity contribution in [1.29, 1.82) is 0 Å². The summed E-state index contributed by atoms with van der Waals surface area (Å²) in [6, 6.07) is 15.4. The third-order valence-electron chi connectivity index (χ3n) is 5.88. The van der Waals surface area contributed by atoms with Gasteiger partial charge in [0, 0.05) is 11.8 Å². The Kier molecular flexibility index (Phi) is 3.76. The molecule has 0 N–H and O–H groups in total.